The number of hydrogen-bond acceptors (Lipinski definition) is 6. The summed E-state index contributed by atoms with van der Waals surface area (Å²) in [5.74, 6) is -2.36. The van der Waals surface area contributed by atoms with Crippen LogP contribution in [0.5, 0.6) is 0 Å². The van der Waals surface area contributed by atoms with Crippen molar-refractivity contribution in [2.45, 2.75) is 109 Å². The minimum absolute atomic E-state index is 0.0301. The van der Waals surface area contributed by atoms with Crippen molar-refractivity contribution >= 4 is 17.8 Å². The number of carbonyl (C=O) groups excluding carboxylic acids is 3. The van der Waals surface area contributed by atoms with Crippen molar-refractivity contribution in [3.8, 4) is 0 Å². The summed E-state index contributed by atoms with van der Waals surface area (Å²) in [5.41, 5.74) is -2.48. The highest BCUT2D eigenvalue weighted by atomic mass is 16.6. The van der Waals surface area contributed by atoms with Crippen LogP contribution in [0.3, 0.4) is 0 Å². The van der Waals surface area contributed by atoms with Crippen molar-refractivity contribution in [3.63, 3.8) is 0 Å². The van der Waals surface area contributed by atoms with Crippen LogP contribution in [-0.2, 0) is 23.9 Å². The van der Waals surface area contributed by atoms with Gasteiger partial charge in [-0.1, -0.05) is 52.3 Å². The second-order valence-electron chi connectivity index (χ2n) is 13.6. The van der Waals surface area contributed by atoms with Crippen LogP contribution in [0.2, 0.25) is 0 Å². The number of likely N-dealkylation sites (tertiary alicyclic amines) is 1. The van der Waals surface area contributed by atoms with Crippen molar-refractivity contribution in [3.05, 3.63) is 25.3 Å². The highest BCUT2D eigenvalue weighted by Gasteiger charge is 2.78. The van der Waals surface area contributed by atoms with E-state index in [-0.39, 0.29) is 30.4 Å². The normalized spacial score (nSPS) is 29.9. The van der Waals surface area contributed by atoms with E-state index in [0.29, 0.717) is 38.8 Å². The zero-order valence-electron chi connectivity index (χ0n) is 25.0. The zero-order chi connectivity index (χ0) is 29.2. The Balaban J connectivity index is 2.04. The summed E-state index contributed by atoms with van der Waals surface area (Å²) in [6.07, 6.45) is 8.19. The van der Waals surface area contributed by atoms with Crippen LogP contribution in [0.4, 0.5) is 0 Å². The first-order valence-corrected chi connectivity index (χ1v) is 14.5. The molecular weight excluding hydrogens is 496 g/mol. The molecule has 3 heterocycles. The minimum atomic E-state index is -1.08. The number of fused-ring (bicyclic) bond motifs is 1. The summed E-state index contributed by atoms with van der Waals surface area (Å²) in [4.78, 5) is 45.7. The van der Waals surface area contributed by atoms with Crippen LogP contribution in [0.1, 0.15) is 86.5 Å². The molecule has 5 atom stereocenters. The summed E-state index contributed by atoms with van der Waals surface area (Å²) in [5, 5.41) is 9.16. The molecule has 1 N–H and O–H groups in total. The predicted octanol–water partition coefficient (Wildman–Crippen LogP) is 4.26. The third-order valence-electron chi connectivity index (χ3n) is 8.69. The Bertz CT molecular complexity index is 955. The lowest BCUT2D eigenvalue weighted by atomic mass is 9.66. The van der Waals surface area contributed by atoms with E-state index in [1.807, 2.05) is 11.8 Å². The van der Waals surface area contributed by atoms with Crippen LogP contribution in [-0.4, -0.2) is 81.8 Å². The highest BCUT2D eigenvalue weighted by Crippen LogP contribution is 2.63. The van der Waals surface area contributed by atoms with Gasteiger partial charge in [0.1, 0.15) is 24.2 Å². The number of ether oxygens (including phenoxy) is 2. The fraction of sp³-hybridized carbons (Fsp3) is 0.774. The monoisotopic (exact) mass is 546 g/mol. The van der Waals surface area contributed by atoms with Gasteiger partial charge in [-0.15, -0.1) is 6.58 Å². The number of nitrogens with zero attached hydrogens (tertiary/aromatic N) is 2. The van der Waals surface area contributed by atoms with Crippen LogP contribution in [0, 0.1) is 17.3 Å². The average molecular weight is 547 g/mol. The number of unbranched alkanes of at least 4 members (excludes halogenated alkanes) is 3. The maximum atomic E-state index is 14.7. The number of carbonyl (C=O) groups is 3. The van der Waals surface area contributed by atoms with E-state index in [2.05, 4.69) is 47.8 Å². The fourth-order valence-corrected chi connectivity index (χ4v) is 7.59. The summed E-state index contributed by atoms with van der Waals surface area (Å²) in [6.45, 7) is 21.0. The van der Waals surface area contributed by atoms with Gasteiger partial charge in [-0.3, -0.25) is 14.4 Å². The smallest absolute Gasteiger partial charge is 0.313 e. The molecule has 3 saturated heterocycles. The Morgan fingerprint density at radius 3 is 2.38 bits per heavy atom. The maximum Gasteiger partial charge on any atom is 0.313 e. The van der Waals surface area contributed by atoms with Gasteiger partial charge in [0.2, 0.25) is 11.8 Å². The topological polar surface area (TPSA) is 96.4 Å². The third-order valence-corrected chi connectivity index (χ3v) is 8.69. The Labute approximate surface area is 234 Å². The van der Waals surface area contributed by atoms with E-state index in [9.17, 15) is 14.4 Å². The molecule has 3 aliphatic rings. The van der Waals surface area contributed by atoms with Crippen LogP contribution in [0.25, 0.3) is 0 Å². The lowest BCUT2D eigenvalue weighted by Crippen LogP contribution is -2.61. The molecule has 3 rings (SSSR count). The number of aliphatic hydroxyl groups excluding tert-OH is 1. The fourth-order valence-electron chi connectivity index (χ4n) is 7.59. The molecule has 0 aromatic rings. The standard InChI is InChI=1S/C31H50N2O6/c1-9-17-33(29(6,7)21-28(3,4)5)26(36)24-31-16-15-30(8,39-31)23(27(37)38-20-10-2)22(31)25(35)32(24)18-13-11-12-14-19-34/h9-10,22-24,34H,1-2,11-21H2,3-8H3/t22-,23-,24?,30+,31?/m0/s1. The average Bonchev–Trinajstić information content (AvgIpc) is 3.39. The van der Waals surface area contributed by atoms with Gasteiger partial charge >= 0.3 is 5.97 Å². The number of amides is 2. The van der Waals surface area contributed by atoms with E-state index < -0.39 is 40.6 Å². The maximum absolute atomic E-state index is 14.7. The van der Waals surface area contributed by atoms with E-state index in [1.165, 1.54) is 6.08 Å². The summed E-state index contributed by atoms with van der Waals surface area (Å²) in [7, 11) is 0. The molecule has 2 bridgehead atoms. The molecule has 39 heavy (non-hydrogen) atoms. The van der Waals surface area contributed by atoms with Crippen molar-refractivity contribution in [1.29, 1.82) is 0 Å². The second kappa shape index (κ2) is 11.7. The molecule has 0 radical (unpaired) electrons. The second-order valence-corrected chi connectivity index (χ2v) is 13.6. The van der Waals surface area contributed by atoms with Crippen molar-refractivity contribution < 1.29 is 29.0 Å². The number of aliphatic hydroxyl groups is 1. The lowest BCUT2D eigenvalue weighted by Gasteiger charge is -2.45. The Morgan fingerprint density at radius 1 is 1.13 bits per heavy atom. The number of hydrogen-bond donors (Lipinski definition) is 1. The number of rotatable bonds is 14. The molecule has 2 amide bonds. The molecular formula is C31H50N2O6. The Kier molecular flexibility index (Phi) is 9.43. The van der Waals surface area contributed by atoms with Crippen LogP contribution < -0.4 is 0 Å². The molecule has 0 aliphatic carbocycles. The van der Waals surface area contributed by atoms with Gasteiger partial charge in [-0.2, -0.15) is 0 Å². The largest absolute Gasteiger partial charge is 0.461 e. The first-order valence-electron chi connectivity index (χ1n) is 14.5. The Hall–Kier alpha value is -2.19. The van der Waals surface area contributed by atoms with Gasteiger partial charge in [0.05, 0.1) is 11.5 Å². The molecule has 3 aliphatic heterocycles. The predicted molar refractivity (Wildman–Crippen MR) is 151 cm³/mol. The zero-order valence-corrected chi connectivity index (χ0v) is 25.0. The molecule has 3 fully saturated rings. The van der Waals surface area contributed by atoms with Crippen LogP contribution in [0.15, 0.2) is 25.3 Å². The lowest BCUT2D eigenvalue weighted by molar-refractivity contribution is -0.160. The van der Waals surface area contributed by atoms with Crippen LogP contribution >= 0.6 is 0 Å². The van der Waals surface area contributed by atoms with Gasteiger partial charge in [0.15, 0.2) is 0 Å². The van der Waals surface area contributed by atoms with E-state index in [0.717, 1.165) is 19.3 Å². The SMILES string of the molecule is C=CCOC(=O)[C@@H]1[C@H]2C(=O)N(CCCCCCO)C(C(=O)N(CC=C)C(C)(C)CC(C)(C)C)C23CC[C@@]1(C)O3. The van der Waals surface area contributed by atoms with Crippen molar-refractivity contribution in [1.82, 2.24) is 9.80 Å². The first-order chi connectivity index (χ1) is 18.2. The quantitative estimate of drug-likeness (QED) is 0.199. The van der Waals surface area contributed by atoms with Gasteiger partial charge < -0.3 is 24.4 Å². The highest BCUT2D eigenvalue weighted by molar-refractivity contribution is 5.98. The Morgan fingerprint density at radius 2 is 1.79 bits per heavy atom. The molecule has 2 unspecified atom stereocenters. The molecule has 0 aromatic heterocycles. The van der Waals surface area contributed by atoms with Crippen molar-refractivity contribution in [2.75, 3.05) is 26.3 Å². The van der Waals surface area contributed by atoms with Crippen molar-refractivity contribution in [2.24, 2.45) is 17.3 Å². The molecule has 1 spiro atoms. The molecule has 0 aromatic carbocycles. The van der Waals surface area contributed by atoms with E-state index in [4.69, 9.17) is 14.6 Å². The molecule has 8 nitrogen and oxygen atoms in total. The third kappa shape index (κ3) is 5.97. The van der Waals surface area contributed by atoms with E-state index >= 15 is 0 Å². The first kappa shape index (κ1) is 31.3. The van der Waals surface area contributed by atoms with Gasteiger partial charge in [0, 0.05) is 25.2 Å². The van der Waals surface area contributed by atoms with Gasteiger partial charge in [-0.25, -0.2) is 0 Å². The summed E-state index contributed by atoms with van der Waals surface area (Å²) in [6, 6.07) is -0.828. The van der Waals surface area contributed by atoms with Gasteiger partial charge in [-0.05, 0) is 58.3 Å². The minimum Gasteiger partial charge on any atom is -0.461 e. The van der Waals surface area contributed by atoms with E-state index in [1.54, 1.807) is 11.0 Å². The molecule has 8 heteroatoms. The van der Waals surface area contributed by atoms with Gasteiger partial charge in [0.25, 0.3) is 0 Å². The number of esters is 1. The molecule has 220 valence electrons. The summed E-state index contributed by atoms with van der Waals surface area (Å²) >= 11 is 0. The molecule has 0 saturated carbocycles. The summed E-state index contributed by atoms with van der Waals surface area (Å²) < 4.78 is 12.2.